The van der Waals surface area contributed by atoms with Gasteiger partial charge in [0.2, 0.25) is 0 Å². The van der Waals surface area contributed by atoms with Gasteiger partial charge in [-0.15, -0.1) is 0 Å². The van der Waals surface area contributed by atoms with Gasteiger partial charge < -0.3 is 10.2 Å². The molecular formula is C21H24O2S2. The van der Waals surface area contributed by atoms with Crippen LogP contribution in [0.25, 0.3) is 0 Å². The summed E-state index contributed by atoms with van der Waals surface area (Å²) in [6.07, 6.45) is 5.83. The molecule has 2 fully saturated rings. The third kappa shape index (κ3) is 3.80. The van der Waals surface area contributed by atoms with E-state index in [9.17, 15) is 10.2 Å². The Morgan fingerprint density at radius 3 is 1.44 bits per heavy atom. The maximum absolute atomic E-state index is 12.3. The molecule has 0 saturated carbocycles. The fourth-order valence-corrected chi connectivity index (χ4v) is 8.60. The third-order valence-electron chi connectivity index (χ3n) is 5.11. The molecule has 4 heteroatoms. The molecule has 4 rings (SSSR count). The Morgan fingerprint density at radius 2 is 1.04 bits per heavy atom. The molecule has 0 bridgehead atoms. The molecule has 25 heavy (non-hydrogen) atoms. The topological polar surface area (TPSA) is 46.1 Å². The number of hydrogen-bond acceptors (Lipinski definition) is 2. The summed E-state index contributed by atoms with van der Waals surface area (Å²) in [4.78, 5) is 2.07. The van der Waals surface area contributed by atoms with Crippen molar-refractivity contribution in [3.63, 3.8) is 0 Å². The van der Waals surface area contributed by atoms with Gasteiger partial charge in [0.15, 0.2) is 0 Å². The van der Waals surface area contributed by atoms with Crippen LogP contribution < -0.4 is 10.2 Å². The SMILES string of the molecule is [O-]c1ccc(Cc2ccc([O-])c([S+]3CCCC3)c2)cc1[S+]1CCCC1. The maximum Gasteiger partial charge on any atom is 0.147 e. The first-order chi connectivity index (χ1) is 12.2. The van der Waals surface area contributed by atoms with Crippen molar-refractivity contribution >= 4 is 21.8 Å². The predicted octanol–water partition coefficient (Wildman–Crippen LogP) is 2.97. The minimum Gasteiger partial charge on any atom is -0.869 e. The molecule has 0 atom stereocenters. The van der Waals surface area contributed by atoms with Gasteiger partial charge in [0.25, 0.3) is 0 Å². The molecule has 2 aliphatic rings. The van der Waals surface area contributed by atoms with Crippen LogP contribution in [-0.4, -0.2) is 23.0 Å². The maximum atomic E-state index is 12.3. The van der Waals surface area contributed by atoms with Gasteiger partial charge >= 0.3 is 0 Å². The van der Waals surface area contributed by atoms with E-state index < -0.39 is 0 Å². The summed E-state index contributed by atoms with van der Waals surface area (Å²) >= 11 is 0. The van der Waals surface area contributed by atoms with Crippen molar-refractivity contribution < 1.29 is 10.2 Å². The highest BCUT2D eigenvalue weighted by Crippen LogP contribution is 2.32. The van der Waals surface area contributed by atoms with Crippen LogP contribution in [0.1, 0.15) is 36.8 Å². The van der Waals surface area contributed by atoms with Gasteiger partial charge in [-0.1, -0.05) is 35.8 Å². The fourth-order valence-electron chi connectivity index (χ4n) is 3.76. The molecule has 2 saturated heterocycles. The lowest BCUT2D eigenvalue weighted by Gasteiger charge is -2.15. The highest BCUT2D eigenvalue weighted by atomic mass is 32.2. The molecule has 0 N–H and O–H groups in total. The van der Waals surface area contributed by atoms with Crippen LogP contribution in [0.2, 0.25) is 0 Å². The molecule has 0 amide bonds. The Balaban J connectivity index is 1.57. The zero-order valence-electron chi connectivity index (χ0n) is 14.5. The second-order valence-corrected chi connectivity index (χ2v) is 11.4. The van der Waals surface area contributed by atoms with Crippen LogP contribution in [0.4, 0.5) is 0 Å². The van der Waals surface area contributed by atoms with Gasteiger partial charge in [-0.25, -0.2) is 0 Å². The van der Waals surface area contributed by atoms with E-state index in [2.05, 4.69) is 12.1 Å². The molecule has 2 aliphatic heterocycles. The molecule has 0 aromatic heterocycles. The zero-order chi connectivity index (χ0) is 17.2. The van der Waals surface area contributed by atoms with Crippen molar-refractivity contribution in [2.45, 2.75) is 41.9 Å². The minimum atomic E-state index is 0.158. The zero-order valence-corrected chi connectivity index (χ0v) is 16.1. The summed E-state index contributed by atoms with van der Waals surface area (Å²) in [6.45, 7) is 0. The third-order valence-corrected chi connectivity index (χ3v) is 10.1. The van der Waals surface area contributed by atoms with Crippen LogP contribution in [0.5, 0.6) is 11.5 Å². The Bertz CT molecular complexity index is 684. The van der Waals surface area contributed by atoms with E-state index in [0.717, 1.165) is 16.2 Å². The van der Waals surface area contributed by atoms with Gasteiger partial charge in [-0.3, -0.25) is 0 Å². The molecule has 0 spiro atoms. The van der Waals surface area contributed by atoms with E-state index in [4.69, 9.17) is 0 Å². The summed E-state index contributed by atoms with van der Waals surface area (Å²) in [6, 6.07) is 11.7. The summed E-state index contributed by atoms with van der Waals surface area (Å²) in [5.41, 5.74) is 2.40. The van der Waals surface area contributed by atoms with E-state index >= 15 is 0 Å². The summed E-state index contributed by atoms with van der Waals surface area (Å²) in [5.74, 6) is 5.12. The van der Waals surface area contributed by atoms with Crippen LogP contribution in [-0.2, 0) is 28.2 Å². The van der Waals surface area contributed by atoms with Crippen molar-refractivity contribution in [3.8, 4) is 11.5 Å². The number of benzene rings is 2. The Labute approximate surface area is 156 Å². The van der Waals surface area contributed by atoms with Crippen LogP contribution >= 0.6 is 0 Å². The summed E-state index contributed by atoms with van der Waals surface area (Å²) < 4.78 is 0. The van der Waals surface area contributed by atoms with Crippen LogP contribution in [0, 0.1) is 0 Å². The summed E-state index contributed by atoms with van der Waals surface area (Å²) in [7, 11) is 0.317. The van der Waals surface area contributed by atoms with Gasteiger partial charge in [0.05, 0.1) is 0 Å². The minimum absolute atomic E-state index is 0.158. The molecule has 2 aromatic rings. The van der Waals surface area contributed by atoms with E-state index in [1.54, 1.807) is 12.1 Å². The van der Waals surface area contributed by atoms with Gasteiger partial charge in [-0.05, 0) is 55.4 Å². The molecule has 0 radical (unpaired) electrons. The average molecular weight is 373 g/mol. The number of hydrogen-bond donors (Lipinski definition) is 0. The van der Waals surface area contributed by atoms with E-state index in [-0.39, 0.29) is 33.3 Å². The second kappa shape index (κ2) is 7.55. The standard InChI is InChI=1S/C21H24O2S2/c22-18-7-5-16(14-20(18)24-9-1-2-10-24)13-17-6-8-19(23)21(15-17)25-11-3-4-12-25/h5-8,14-15H,1-4,9-13H2. The van der Waals surface area contributed by atoms with Crippen LogP contribution in [0.15, 0.2) is 46.2 Å². The lowest BCUT2D eigenvalue weighted by Crippen LogP contribution is -2.10. The lowest BCUT2D eigenvalue weighted by molar-refractivity contribution is -0.273. The lowest BCUT2D eigenvalue weighted by atomic mass is 10.0. The molecule has 2 aromatic carbocycles. The van der Waals surface area contributed by atoms with E-state index in [0.29, 0.717) is 0 Å². The fraction of sp³-hybridized carbons (Fsp3) is 0.429. The Hall–Kier alpha value is -1.26. The summed E-state index contributed by atoms with van der Waals surface area (Å²) in [5, 5.41) is 24.5. The van der Waals surface area contributed by atoms with Crippen molar-refractivity contribution in [1.29, 1.82) is 0 Å². The van der Waals surface area contributed by atoms with E-state index in [1.165, 1.54) is 59.8 Å². The Kier molecular flexibility index (Phi) is 5.18. The molecule has 2 heterocycles. The van der Waals surface area contributed by atoms with E-state index in [1.807, 2.05) is 12.1 Å². The first-order valence-electron chi connectivity index (χ1n) is 9.15. The number of rotatable bonds is 4. The van der Waals surface area contributed by atoms with Gasteiger partial charge in [0.1, 0.15) is 32.8 Å². The first kappa shape index (κ1) is 17.2. The molecular weight excluding hydrogens is 348 g/mol. The van der Waals surface area contributed by atoms with Crippen LogP contribution in [0.3, 0.4) is 0 Å². The average Bonchev–Trinajstić information content (AvgIpc) is 3.31. The molecule has 132 valence electrons. The Morgan fingerprint density at radius 1 is 0.640 bits per heavy atom. The van der Waals surface area contributed by atoms with Gasteiger partial charge in [0, 0.05) is 21.8 Å². The monoisotopic (exact) mass is 372 g/mol. The normalized spacial score (nSPS) is 18.9. The molecule has 2 nitrogen and oxygen atoms in total. The second-order valence-electron chi connectivity index (χ2n) is 6.96. The molecule has 0 unspecified atom stereocenters. The highest BCUT2D eigenvalue weighted by Gasteiger charge is 2.28. The quantitative estimate of drug-likeness (QED) is 0.775. The molecule has 0 aliphatic carbocycles. The van der Waals surface area contributed by atoms with Crippen molar-refractivity contribution in [1.82, 2.24) is 0 Å². The van der Waals surface area contributed by atoms with Gasteiger partial charge in [-0.2, -0.15) is 0 Å². The largest absolute Gasteiger partial charge is 0.869 e. The smallest absolute Gasteiger partial charge is 0.147 e. The highest BCUT2D eigenvalue weighted by molar-refractivity contribution is 7.97. The predicted molar refractivity (Wildman–Crippen MR) is 104 cm³/mol. The van der Waals surface area contributed by atoms with Crippen molar-refractivity contribution in [2.24, 2.45) is 0 Å². The van der Waals surface area contributed by atoms with Crippen molar-refractivity contribution in [3.05, 3.63) is 47.5 Å². The van der Waals surface area contributed by atoms with Crippen molar-refractivity contribution in [2.75, 3.05) is 23.0 Å². The first-order valence-corrected chi connectivity index (χ1v) is 12.3.